The summed E-state index contributed by atoms with van der Waals surface area (Å²) < 4.78 is 35.6. The van der Waals surface area contributed by atoms with Crippen LogP contribution in [0.2, 0.25) is 0 Å². The zero-order valence-corrected chi connectivity index (χ0v) is 21.5. The lowest BCUT2D eigenvalue weighted by Gasteiger charge is -2.10. The number of hydrogen-bond acceptors (Lipinski definition) is 8. The molecule has 3 aromatic carbocycles. The summed E-state index contributed by atoms with van der Waals surface area (Å²) in [4.78, 5) is 36.8. The molecule has 11 heteroatoms. The molecule has 0 unspecified atom stereocenters. The molecule has 0 radical (unpaired) electrons. The number of nitrogens with zero attached hydrogens (tertiary/aromatic N) is 2. The Balaban J connectivity index is 1.77. The van der Waals surface area contributed by atoms with Crippen molar-refractivity contribution in [2.45, 2.75) is 11.8 Å². The maximum atomic E-state index is 13.4. The number of rotatable bonds is 7. The van der Waals surface area contributed by atoms with E-state index in [2.05, 4.69) is 10.4 Å². The second kappa shape index (κ2) is 10.7. The summed E-state index contributed by atoms with van der Waals surface area (Å²) >= 11 is 0. The summed E-state index contributed by atoms with van der Waals surface area (Å²) in [5.41, 5.74) is 2.01. The lowest BCUT2D eigenvalue weighted by atomic mass is 10.1. The van der Waals surface area contributed by atoms with Crippen LogP contribution in [0.25, 0.3) is 16.9 Å². The number of ether oxygens (including phenoxy) is 2. The molecule has 1 amide bonds. The highest BCUT2D eigenvalue weighted by Crippen LogP contribution is 2.29. The Kier molecular flexibility index (Phi) is 7.40. The molecule has 0 saturated carbocycles. The molecule has 10 nitrogen and oxygen atoms in total. The average Bonchev–Trinajstić information content (AvgIpc) is 3.34. The molecular formula is C27H23N3O7S. The van der Waals surface area contributed by atoms with Crippen molar-refractivity contribution < 1.29 is 32.3 Å². The number of amides is 1. The number of sulfone groups is 1. The van der Waals surface area contributed by atoms with Crippen molar-refractivity contribution in [2.75, 3.05) is 18.7 Å². The smallest absolute Gasteiger partial charge is 0.347 e. The Morgan fingerprint density at radius 2 is 1.55 bits per heavy atom. The van der Waals surface area contributed by atoms with Crippen molar-refractivity contribution in [2.24, 2.45) is 0 Å². The maximum absolute atomic E-state index is 13.4. The van der Waals surface area contributed by atoms with Gasteiger partial charge in [-0.3, -0.25) is 4.79 Å². The van der Waals surface area contributed by atoms with Gasteiger partial charge in [-0.2, -0.15) is 5.10 Å². The number of nitrogens with one attached hydrogen (secondary N) is 1. The van der Waals surface area contributed by atoms with E-state index in [1.54, 1.807) is 60.7 Å². The molecule has 0 spiro atoms. The predicted molar refractivity (Wildman–Crippen MR) is 139 cm³/mol. The Bertz CT molecular complexity index is 1620. The zero-order valence-electron chi connectivity index (χ0n) is 20.7. The molecule has 0 aliphatic rings. The third-order valence-corrected chi connectivity index (χ3v) is 6.57. The number of esters is 2. The molecule has 1 aromatic heterocycles. The maximum Gasteiger partial charge on any atom is 0.347 e. The van der Waals surface area contributed by atoms with E-state index >= 15 is 0 Å². The monoisotopic (exact) mass is 533 g/mol. The van der Waals surface area contributed by atoms with Gasteiger partial charge in [0.15, 0.2) is 15.6 Å². The number of carbonyl (C=O) groups is 3. The Hall–Kier alpha value is -4.77. The fourth-order valence-corrected chi connectivity index (χ4v) is 4.23. The van der Waals surface area contributed by atoms with Gasteiger partial charge in [0.25, 0.3) is 0 Å². The van der Waals surface area contributed by atoms with Crippen molar-refractivity contribution in [3.63, 3.8) is 0 Å². The van der Waals surface area contributed by atoms with Crippen molar-refractivity contribution in [3.8, 4) is 22.7 Å². The summed E-state index contributed by atoms with van der Waals surface area (Å²) in [7, 11) is -2.14. The van der Waals surface area contributed by atoms with Gasteiger partial charge < -0.3 is 14.8 Å². The second-order valence-electron chi connectivity index (χ2n) is 8.24. The van der Waals surface area contributed by atoms with E-state index in [9.17, 15) is 22.8 Å². The lowest BCUT2D eigenvalue weighted by molar-refractivity contribution is -0.114. The van der Waals surface area contributed by atoms with Crippen molar-refractivity contribution in [3.05, 3.63) is 90.1 Å². The standard InChI is InChI=1S/C27H23N3O7S/c1-17(31)28-23-6-4-5-7-24(23)37-27(33)22-16-30(20-12-8-19(9-13-20)26(32)36-2)29-25(22)18-10-14-21(15-11-18)38(3,34)35/h4-16H,1-3H3,(H,28,31). The van der Waals surface area contributed by atoms with E-state index in [0.29, 0.717) is 22.5 Å². The van der Waals surface area contributed by atoms with Gasteiger partial charge in [-0.15, -0.1) is 0 Å². The van der Waals surface area contributed by atoms with Crippen LogP contribution < -0.4 is 10.1 Å². The molecule has 0 saturated heterocycles. The summed E-state index contributed by atoms with van der Waals surface area (Å²) in [5.74, 6) is -1.43. The molecule has 0 aliphatic carbocycles. The summed E-state index contributed by atoms with van der Waals surface area (Å²) in [5, 5.41) is 7.17. The number of aromatic nitrogens is 2. The van der Waals surface area contributed by atoms with Gasteiger partial charge in [0.1, 0.15) is 11.3 Å². The molecule has 4 aromatic rings. The van der Waals surface area contributed by atoms with E-state index in [0.717, 1.165) is 6.26 Å². The normalized spacial score (nSPS) is 11.0. The molecule has 0 bridgehead atoms. The summed E-state index contributed by atoms with van der Waals surface area (Å²) in [6, 6.07) is 18.8. The van der Waals surface area contributed by atoms with Gasteiger partial charge in [-0.1, -0.05) is 24.3 Å². The molecule has 38 heavy (non-hydrogen) atoms. The highest BCUT2D eigenvalue weighted by Gasteiger charge is 2.22. The van der Waals surface area contributed by atoms with Crippen LogP contribution in [0.5, 0.6) is 5.75 Å². The first kappa shape index (κ1) is 26.3. The van der Waals surface area contributed by atoms with Crippen LogP contribution in [0.3, 0.4) is 0 Å². The van der Waals surface area contributed by atoms with Crippen LogP contribution in [0.15, 0.2) is 83.9 Å². The number of anilines is 1. The quantitative estimate of drug-likeness (QED) is 0.279. The molecule has 0 fully saturated rings. The number of carbonyl (C=O) groups excluding carboxylic acids is 3. The van der Waals surface area contributed by atoms with E-state index in [1.165, 1.54) is 37.0 Å². The van der Waals surface area contributed by atoms with Crippen LogP contribution >= 0.6 is 0 Å². The Labute approximate surface area is 218 Å². The topological polar surface area (TPSA) is 134 Å². The number of para-hydroxylation sites is 2. The minimum atomic E-state index is -3.42. The van der Waals surface area contributed by atoms with Gasteiger partial charge in [0.05, 0.1) is 28.9 Å². The Morgan fingerprint density at radius 1 is 0.895 bits per heavy atom. The first-order valence-corrected chi connectivity index (χ1v) is 13.1. The first-order valence-electron chi connectivity index (χ1n) is 11.2. The van der Waals surface area contributed by atoms with Gasteiger partial charge >= 0.3 is 11.9 Å². The van der Waals surface area contributed by atoms with E-state index in [1.807, 2.05) is 0 Å². The van der Waals surface area contributed by atoms with Crippen LogP contribution in [-0.4, -0.2) is 49.4 Å². The Morgan fingerprint density at radius 3 is 2.16 bits per heavy atom. The average molecular weight is 534 g/mol. The van der Waals surface area contributed by atoms with Crippen LogP contribution in [0.4, 0.5) is 5.69 Å². The molecular weight excluding hydrogens is 510 g/mol. The number of methoxy groups -OCH3 is 1. The van der Waals surface area contributed by atoms with Gasteiger partial charge in [0.2, 0.25) is 5.91 Å². The summed E-state index contributed by atoms with van der Waals surface area (Å²) in [6.07, 6.45) is 2.57. The first-order chi connectivity index (χ1) is 18.1. The fraction of sp³-hybridized carbons (Fsp3) is 0.111. The summed E-state index contributed by atoms with van der Waals surface area (Å²) in [6.45, 7) is 1.34. The third-order valence-electron chi connectivity index (χ3n) is 5.44. The molecule has 1 N–H and O–H groups in total. The number of hydrogen-bond donors (Lipinski definition) is 1. The van der Waals surface area contributed by atoms with Crippen molar-refractivity contribution in [1.29, 1.82) is 0 Å². The van der Waals surface area contributed by atoms with Gasteiger partial charge in [-0.25, -0.2) is 22.7 Å². The van der Waals surface area contributed by atoms with E-state index < -0.39 is 21.8 Å². The highest BCUT2D eigenvalue weighted by molar-refractivity contribution is 7.90. The molecule has 4 rings (SSSR count). The molecule has 0 aliphatic heterocycles. The van der Waals surface area contributed by atoms with Crippen LogP contribution in [0, 0.1) is 0 Å². The van der Waals surface area contributed by atoms with Crippen molar-refractivity contribution in [1.82, 2.24) is 9.78 Å². The molecule has 194 valence electrons. The largest absolute Gasteiger partial charge is 0.465 e. The highest BCUT2D eigenvalue weighted by atomic mass is 32.2. The zero-order chi connectivity index (χ0) is 27.4. The minimum Gasteiger partial charge on any atom is -0.465 e. The van der Waals surface area contributed by atoms with Crippen LogP contribution in [0.1, 0.15) is 27.6 Å². The molecule has 0 atom stereocenters. The number of benzene rings is 3. The van der Waals surface area contributed by atoms with Crippen molar-refractivity contribution >= 4 is 33.4 Å². The fourth-order valence-electron chi connectivity index (χ4n) is 3.60. The van der Waals surface area contributed by atoms with Crippen LogP contribution in [-0.2, 0) is 19.4 Å². The van der Waals surface area contributed by atoms with E-state index in [4.69, 9.17) is 9.47 Å². The lowest BCUT2D eigenvalue weighted by Crippen LogP contribution is -2.12. The van der Waals surface area contributed by atoms with Gasteiger partial charge in [-0.05, 0) is 48.5 Å². The third kappa shape index (κ3) is 5.79. The SMILES string of the molecule is COC(=O)c1ccc(-n2cc(C(=O)Oc3ccccc3NC(C)=O)c(-c3ccc(S(C)(=O)=O)cc3)n2)cc1. The van der Waals surface area contributed by atoms with E-state index in [-0.39, 0.29) is 27.8 Å². The second-order valence-corrected chi connectivity index (χ2v) is 10.3. The van der Waals surface area contributed by atoms with Gasteiger partial charge in [0, 0.05) is 24.9 Å². The predicted octanol–water partition coefficient (Wildman–Crippen LogP) is 3.91. The minimum absolute atomic E-state index is 0.0896. The molecule has 1 heterocycles.